The Kier molecular flexibility index (Phi) is 5.65. The molecule has 0 aliphatic heterocycles. The molecule has 0 spiro atoms. The second-order valence-electron chi connectivity index (χ2n) is 3.28. The van der Waals surface area contributed by atoms with Crippen LogP contribution in [0, 0.1) is 0 Å². The predicted octanol–water partition coefficient (Wildman–Crippen LogP) is 0.705. The van der Waals surface area contributed by atoms with Crippen LogP contribution in [0.2, 0.25) is 0 Å². The highest BCUT2D eigenvalue weighted by Crippen LogP contribution is 2.13. The van der Waals surface area contributed by atoms with Crippen LogP contribution in [0.4, 0.5) is 0 Å². The summed E-state index contributed by atoms with van der Waals surface area (Å²) in [6.07, 6.45) is 0. The zero-order chi connectivity index (χ0) is 12.0. The van der Waals surface area contributed by atoms with Crippen LogP contribution in [0.3, 0.4) is 0 Å². The highest BCUT2D eigenvalue weighted by molar-refractivity contribution is 7.84. The van der Waals surface area contributed by atoms with E-state index in [2.05, 4.69) is 5.32 Å². The van der Waals surface area contributed by atoms with Crippen LogP contribution in [0.1, 0.15) is 22.2 Å². The Hall–Kier alpha value is -0.720. The highest BCUT2D eigenvalue weighted by atomic mass is 32.2. The minimum absolute atomic E-state index is 0.394. The van der Waals surface area contributed by atoms with E-state index in [0.717, 1.165) is 11.4 Å². The normalized spacial score (nSPS) is 12.6. The summed E-state index contributed by atoms with van der Waals surface area (Å²) in [6.45, 7) is 3.33. The molecule has 16 heavy (non-hydrogen) atoms. The van der Waals surface area contributed by atoms with Gasteiger partial charge in [0.2, 0.25) is 5.91 Å². The lowest BCUT2D eigenvalue weighted by Crippen LogP contribution is -2.20. The molecule has 1 aromatic rings. The van der Waals surface area contributed by atoms with Crippen molar-refractivity contribution in [2.24, 2.45) is 5.73 Å². The summed E-state index contributed by atoms with van der Waals surface area (Å²) >= 11 is 1.50. The van der Waals surface area contributed by atoms with E-state index in [1.807, 2.05) is 6.92 Å². The smallest absolute Gasteiger partial charge is 0.249 e. The number of carbonyl (C=O) groups excluding carboxylic acids is 1. The van der Waals surface area contributed by atoms with Crippen LogP contribution in [-0.4, -0.2) is 28.2 Å². The molecule has 0 fully saturated rings. The van der Waals surface area contributed by atoms with E-state index in [0.29, 0.717) is 23.6 Å². The number of nitrogens with one attached hydrogen (secondary N) is 1. The van der Waals surface area contributed by atoms with Crippen LogP contribution < -0.4 is 11.1 Å². The summed E-state index contributed by atoms with van der Waals surface area (Å²) in [5.41, 5.74) is 5.70. The molecule has 1 heterocycles. The lowest BCUT2D eigenvalue weighted by molar-refractivity contribution is 0.100. The van der Waals surface area contributed by atoms with Gasteiger partial charge in [0.1, 0.15) is 0 Å². The number of thiophene rings is 1. The van der Waals surface area contributed by atoms with Crippen molar-refractivity contribution in [1.82, 2.24) is 5.32 Å². The van der Waals surface area contributed by atoms with Gasteiger partial charge in [0.25, 0.3) is 0 Å². The van der Waals surface area contributed by atoms with Gasteiger partial charge in [-0.1, -0.05) is 6.92 Å². The molecule has 4 nitrogen and oxygen atoms in total. The van der Waals surface area contributed by atoms with Gasteiger partial charge >= 0.3 is 0 Å². The molecule has 0 radical (unpaired) electrons. The third-order valence-corrected chi connectivity index (χ3v) is 4.31. The monoisotopic (exact) mass is 260 g/mol. The topological polar surface area (TPSA) is 72.2 Å². The average Bonchev–Trinajstić information content (AvgIpc) is 2.72. The van der Waals surface area contributed by atoms with E-state index in [1.165, 1.54) is 11.3 Å². The van der Waals surface area contributed by atoms with E-state index >= 15 is 0 Å². The van der Waals surface area contributed by atoms with Crippen molar-refractivity contribution in [3.63, 3.8) is 0 Å². The molecule has 0 aliphatic carbocycles. The van der Waals surface area contributed by atoms with Crippen molar-refractivity contribution < 1.29 is 9.00 Å². The molecule has 1 aromatic heterocycles. The quantitative estimate of drug-likeness (QED) is 0.709. The summed E-state index contributed by atoms with van der Waals surface area (Å²) in [5, 5.41) is 4.94. The van der Waals surface area contributed by atoms with Gasteiger partial charge in [0.05, 0.1) is 5.56 Å². The molecule has 0 bridgehead atoms. The molecule has 0 aliphatic rings. The SMILES string of the molecule is CCS(=O)CCNCc1cc(C(N)=O)cs1. The third kappa shape index (κ3) is 4.42. The molecule has 1 unspecified atom stereocenters. The first-order valence-electron chi connectivity index (χ1n) is 5.06. The Morgan fingerprint density at radius 2 is 2.38 bits per heavy atom. The first kappa shape index (κ1) is 13.3. The van der Waals surface area contributed by atoms with Crippen molar-refractivity contribution in [2.45, 2.75) is 13.5 Å². The minimum Gasteiger partial charge on any atom is -0.366 e. The van der Waals surface area contributed by atoms with Crippen LogP contribution in [0.25, 0.3) is 0 Å². The fourth-order valence-corrected chi connectivity index (χ4v) is 2.65. The van der Waals surface area contributed by atoms with Crippen LogP contribution in [0.15, 0.2) is 11.4 Å². The fraction of sp³-hybridized carbons (Fsp3) is 0.500. The zero-order valence-electron chi connectivity index (χ0n) is 9.19. The molecule has 1 rings (SSSR count). The number of rotatable bonds is 7. The molecular formula is C10H16N2O2S2. The summed E-state index contributed by atoms with van der Waals surface area (Å²) in [4.78, 5) is 11.9. The van der Waals surface area contributed by atoms with Crippen molar-refractivity contribution in [3.05, 3.63) is 21.9 Å². The van der Waals surface area contributed by atoms with E-state index in [4.69, 9.17) is 5.73 Å². The number of primary amides is 1. The van der Waals surface area contributed by atoms with Crippen molar-refractivity contribution in [3.8, 4) is 0 Å². The molecule has 6 heteroatoms. The maximum Gasteiger partial charge on any atom is 0.249 e. The Balaban J connectivity index is 2.27. The standard InChI is InChI=1S/C10H16N2O2S2/c1-2-16(14)4-3-12-6-9-5-8(7-15-9)10(11)13/h5,7,12H,2-4,6H2,1H3,(H2,11,13). The zero-order valence-corrected chi connectivity index (χ0v) is 10.8. The predicted molar refractivity (Wildman–Crippen MR) is 68.1 cm³/mol. The Labute approximate surface area is 102 Å². The van der Waals surface area contributed by atoms with E-state index in [-0.39, 0.29) is 0 Å². The van der Waals surface area contributed by atoms with Gasteiger partial charge in [0, 0.05) is 45.7 Å². The Morgan fingerprint density at radius 3 is 2.94 bits per heavy atom. The summed E-state index contributed by atoms with van der Waals surface area (Å²) in [6, 6.07) is 1.79. The lowest BCUT2D eigenvalue weighted by Gasteiger charge is -2.01. The van der Waals surface area contributed by atoms with Crippen molar-refractivity contribution in [1.29, 1.82) is 0 Å². The third-order valence-electron chi connectivity index (χ3n) is 2.07. The van der Waals surface area contributed by atoms with Gasteiger partial charge in [0.15, 0.2) is 0 Å². The molecule has 3 N–H and O–H groups in total. The first-order valence-corrected chi connectivity index (χ1v) is 7.43. The van der Waals surface area contributed by atoms with Crippen LogP contribution in [-0.2, 0) is 17.3 Å². The average molecular weight is 260 g/mol. The maximum absolute atomic E-state index is 11.1. The number of hydrogen-bond acceptors (Lipinski definition) is 4. The Morgan fingerprint density at radius 1 is 1.62 bits per heavy atom. The highest BCUT2D eigenvalue weighted by Gasteiger charge is 2.04. The van der Waals surface area contributed by atoms with E-state index in [1.54, 1.807) is 11.4 Å². The molecule has 1 amide bonds. The molecule has 0 saturated carbocycles. The largest absolute Gasteiger partial charge is 0.366 e. The van der Waals surface area contributed by atoms with Gasteiger partial charge in [-0.3, -0.25) is 9.00 Å². The number of carbonyl (C=O) groups is 1. The maximum atomic E-state index is 11.1. The lowest BCUT2D eigenvalue weighted by atomic mass is 10.3. The molecule has 0 saturated heterocycles. The summed E-state index contributed by atoms with van der Waals surface area (Å²) < 4.78 is 11.1. The van der Waals surface area contributed by atoms with Gasteiger partial charge in [-0.05, 0) is 6.07 Å². The van der Waals surface area contributed by atoms with E-state index < -0.39 is 16.7 Å². The van der Waals surface area contributed by atoms with Gasteiger partial charge in [-0.15, -0.1) is 11.3 Å². The molecular weight excluding hydrogens is 244 g/mol. The van der Waals surface area contributed by atoms with Crippen molar-refractivity contribution >= 4 is 28.0 Å². The second-order valence-corrected chi connectivity index (χ2v) is 6.14. The second kappa shape index (κ2) is 6.78. The van der Waals surface area contributed by atoms with Crippen LogP contribution >= 0.6 is 11.3 Å². The number of hydrogen-bond donors (Lipinski definition) is 2. The number of amides is 1. The van der Waals surface area contributed by atoms with Crippen molar-refractivity contribution in [2.75, 3.05) is 18.1 Å². The molecule has 90 valence electrons. The molecule has 1 atom stereocenters. The number of nitrogens with two attached hydrogens (primary N) is 1. The van der Waals surface area contributed by atoms with Crippen LogP contribution in [0.5, 0.6) is 0 Å². The van der Waals surface area contributed by atoms with Gasteiger partial charge < -0.3 is 11.1 Å². The molecule has 0 aromatic carbocycles. The fourth-order valence-electron chi connectivity index (χ4n) is 1.14. The Bertz CT molecular complexity index is 377. The van der Waals surface area contributed by atoms with E-state index in [9.17, 15) is 9.00 Å². The first-order chi connectivity index (χ1) is 7.63. The van der Waals surface area contributed by atoms with Gasteiger partial charge in [-0.2, -0.15) is 0 Å². The summed E-state index contributed by atoms with van der Waals surface area (Å²) in [5.74, 6) is 0.978. The summed E-state index contributed by atoms with van der Waals surface area (Å²) in [7, 11) is -0.720. The van der Waals surface area contributed by atoms with Gasteiger partial charge in [-0.25, -0.2) is 0 Å². The minimum atomic E-state index is -0.720.